The maximum absolute atomic E-state index is 13.9. The van der Waals surface area contributed by atoms with Crippen LogP contribution in [0, 0.1) is 9.39 Å². The van der Waals surface area contributed by atoms with Crippen molar-refractivity contribution in [2.45, 2.75) is 0 Å². The number of nitrogens with zero attached hydrogens (tertiary/aromatic N) is 1. The maximum Gasteiger partial charge on any atom is 0.256 e. The van der Waals surface area contributed by atoms with E-state index >= 15 is 0 Å². The molecule has 2 rings (SSSR count). The number of nitrogens with two attached hydrogens (primary N) is 1. The Morgan fingerprint density at radius 3 is 2.62 bits per heavy atom. The highest BCUT2D eigenvalue weighted by Crippen LogP contribution is 2.18. The fraction of sp³-hybridized carbons (Fsp3) is 0. The highest BCUT2D eigenvalue weighted by molar-refractivity contribution is 14.1. The summed E-state index contributed by atoms with van der Waals surface area (Å²) in [4.78, 5) is 12.1. The molecule has 2 aromatic carbocycles. The van der Waals surface area contributed by atoms with Gasteiger partial charge in [0, 0.05) is 9.13 Å². The molecule has 0 aliphatic rings. The minimum Gasteiger partial charge on any atom is -0.409 e. The number of halogens is 2. The molecule has 21 heavy (non-hydrogen) atoms. The van der Waals surface area contributed by atoms with Crippen molar-refractivity contribution in [3.8, 4) is 0 Å². The Morgan fingerprint density at radius 2 is 2.00 bits per heavy atom. The molecule has 4 N–H and O–H groups in total. The van der Waals surface area contributed by atoms with Gasteiger partial charge in [0.05, 0.1) is 11.3 Å². The first-order chi connectivity index (χ1) is 10.0. The van der Waals surface area contributed by atoms with E-state index in [2.05, 4.69) is 10.5 Å². The molecule has 0 unspecified atom stereocenters. The number of rotatable bonds is 3. The summed E-state index contributed by atoms with van der Waals surface area (Å²) < 4.78 is 14.7. The van der Waals surface area contributed by atoms with E-state index in [0.717, 1.165) is 9.64 Å². The van der Waals surface area contributed by atoms with Crippen molar-refractivity contribution in [1.82, 2.24) is 0 Å². The molecule has 1 amide bonds. The first-order valence-electron chi connectivity index (χ1n) is 5.86. The van der Waals surface area contributed by atoms with E-state index in [9.17, 15) is 9.18 Å². The zero-order valence-electron chi connectivity index (χ0n) is 10.7. The fourth-order valence-electron chi connectivity index (χ4n) is 1.67. The Labute approximate surface area is 133 Å². The summed E-state index contributed by atoms with van der Waals surface area (Å²) in [6.07, 6.45) is 0. The van der Waals surface area contributed by atoms with Gasteiger partial charge in [-0.05, 0) is 52.9 Å². The van der Waals surface area contributed by atoms with Crippen molar-refractivity contribution in [2.75, 3.05) is 5.32 Å². The largest absolute Gasteiger partial charge is 0.409 e. The van der Waals surface area contributed by atoms with Crippen LogP contribution in [0.5, 0.6) is 0 Å². The van der Waals surface area contributed by atoms with E-state index in [1.54, 1.807) is 18.2 Å². The summed E-state index contributed by atoms with van der Waals surface area (Å²) in [5.74, 6) is -1.28. The van der Waals surface area contributed by atoms with Crippen molar-refractivity contribution in [2.24, 2.45) is 10.9 Å². The van der Waals surface area contributed by atoms with E-state index in [1.807, 2.05) is 28.7 Å². The third kappa shape index (κ3) is 3.48. The Hall–Kier alpha value is -2.16. The van der Waals surface area contributed by atoms with Gasteiger partial charge in [0.15, 0.2) is 5.84 Å². The maximum atomic E-state index is 13.9. The summed E-state index contributed by atoms with van der Waals surface area (Å²) in [6, 6.07) is 10.9. The standard InChI is InChI=1S/C14H11FIN3O2/c15-10-7-8(13(17)19-21)5-6-12(10)18-14(20)9-3-1-2-4-11(9)16/h1-7,21H,(H2,17,19)(H,18,20). The molecule has 2 aromatic rings. The highest BCUT2D eigenvalue weighted by atomic mass is 127. The zero-order chi connectivity index (χ0) is 15.4. The second-order valence-corrected chi connectivity index (χ2v) is 5.28. The molecular formula is C14H11FIN3O2. The van der Waals surface area contributed by atoms with E-state index in [-0.39, 0.29) is 17.1 Å². The lowest BCUT2D eigenvalue weighted by Crippen LogP contribution is -2.16. The Morgan fingerprint density at radius 1 is 1.29 bits per heavy atom. The van der Waals surface area contributed by atoms with Gasteiger partial charge in [0.1, 0.15) is 5.82 Å². The lowest BCUT2D eigenvalue weighted by molar-refractivity contribution is 0.102. The molecule has 0 aliphatic heterocycles. The average Bonchev–Trinajstić information content (AvgIpc) is 2.48. The van der Waals surface area contributed by atoms with Crippen LogP contribution < -0.4 is 11.1 Å². The molecular weight excluding hydrogens is 388 g/mol. The molecule has 0 radical (unpaired) electrons. The molecule has 0 saturated heterocycles. The summed E-state index contributed by atoms with van der Waals surface area (Å²) in [5, 5.41) is 13.8. The number of benzene rings is 2. The van der Waals surface area contributed by atoms with Gasteiger partial charge in [-0.1, -0.05) is 17.3 Å². The van der Waals surface area contributed by atoms with Crippen LogP contribution in [0.25, 0.3) is 0 Å². The van der Waals surface area contributed by atoms with Gasteiger partial charge in [-0.25, -0.2) is 4.39 Å². The van der Waals surface area contributed by atoms with E-state index < -0.39 is 11.7 Å². The topological polar surface area (TPSA) is 87.7 Å². The van der Waals surface area contributed by atoms with Crippen LogP contribution in [-0.4, -0.2) is 17.0 Å². The fourth-order valence-corrected chi connectivity index (χ4v) is 2.30. The molecule has 0 bridgehead atoms. The minimum absolute atomic E-state index is 0.0224. The van der Waals surface area contributed by atoms with Crippen LogP contribution in [0.3, 0.4) is 0 Å². The lowest BCUT2D eigenvalue weighted by atomic mass is 10.1. The minimum atomic E-state index is -0.668. The molecule has 0 atom stereocenters. The molecule has 0 aromatic heterocycles. The number of hydrogen-bond donors (Lipinski definition) is 3. The van der Waals surface area contributed by atoms with Gasteiger partial charge in [-0.15, -0.1) is 0 Å². The number of oxime groups is 1. The Kier molecular flexibility index (Phi) is 4.73. The first-order valence-corrected chi connectivity index (χ1v) is 6.94. The number of carbonyl (C=O) groups is 1. The summed E-state index contributed by atoms with van der Waals surface area (Å²) >= 11 is 2.03. The van der Waals surface area contributed by atoms with Gasteiger partial charge >= 0.3 is 0 Å². The van der Waals surface area contributed by atoms with Crippen molar-refractivity contribution >= 4 is 40.0 Å². The van der Waals surface area contributed by atoms with E-state index in [1.165, 1.54) is 12.1 Å². The van der Waals surface area contributed by atoms with Crippen LogP contribution in [-0.2, 0) is 0 Å². The monoisotopic (exact) mass is 399 g/mol. The average molecular weight is 399 g/mol. The van der Waals surface area contributed by atoms with Gasteiger partial charge in [0.25, 0.3) is 5.91 Å². The van der Waals surface area contributed by atoms with Crippen molar-refractivity contribution in [3.63, 3.8) is 0 Å². The quantitative estimate of drug-likeness (QED) is 0.244. The molecule has 0 heterocycles. The number of amidine groups is 1. The van der Waals surface area contributed by atoms with E-state index in [0.29, 0.717) is 5.56 Å². The number of amides is 1. The molecule has 0 aliphatic carbocycles. The van der Waals surface area contributed by atoms with Crippen LogP contribution in [0.4, 0.5) is 10.1 Å². The molecule has 108 valence electrons. The second kappa shape index (κ2) is 6.53. The summed E-state index contributed by atoms with van der Waals surface area (Å²) in [7, 11) is 0. The smallest absolute Gasteiger partial charge is 0.256 e. The van der Waals surface area contributed by atoms with E-state index in [4.69, 9.17) is 10.9 Å². The lowest BCUT2D eigenvalue weighted by Gasteiger charge is -2.09. The number of hydrogen-bond acceptors (Lipinski definition) is 3. The van der Waals surface area contributed by atoms with Crippen LogP contribution in [0.15, 0.2) is 47.6 Å². The predicted octanol–water partition coefficient (Wildman–Crippen LogP) is 2.78. The van der Waals surface area contributed by atoms with Crippen molar-refractivity contribution in [3.05, 3.63) is 63.0 Å². The predicted molar refractivity (Wildman–Crippen MR) is 86.0 cm³/mol. The van der Waals surface area contributed by atoms with Gasteiger partial charge in [0.2, 0.25) is 0 Å². The van der Waals surface area contributed by atoms with Crippen LogP contribution >= 0.6 is 22.6 Å². The summed E-state index contributed by atoms with van der Waals surface area (Å²) in [5.41, 5.74) is 6.07. The highest BCUT2D eigenvalue weighted by Gasteiger charge is 2.13. The zero-order valence-corrected chi connectivity index (χ0v) is 12.8. The number of carbonyl (C=O) groups excluding carboxylic acids is 1. The molecule has 0 spiro atoms. The van der Waals surface area contributed by atoms with Crippen LogP contribution in [0.1, 0.15) is 15.9 Å². The number of anilines is 1. The normalized spacial score (nSPS) is 11.2. The molecule has 0 saturated carbocycles. The van der Waals surface area contributed by atoms with Gasteiger partial charge < -0.3 is 16.3 Å². The first kappa shape index (κ1) is 15.2. The molecule has 0 fully saturated rings. The van der Waals surface area contributed by atoms with Crippen LogP contribution in [0.2, 0.25) is 0 Å². The molecule has 5 nitrogen and oxygen atoms in total. The van der Waals surface area contributed by atoms with Crippen molar-refractivity contribution < 1.29 is 14.4 Å². The van der Waals surface area contributed by atoms with Gasteiger partial charge in [-0.3, -0.25) is 4.79 Å². The summed E-state index contributed by atoms with van der Waals surface area (Å²) in [6.45, 7) is 0. The molecule has 7 heteroatoms. The SMILES string of the molecule is N/C(=N/O)c1ccc(NC(=O)c2ccccc2I)c(F)c1. The third-order valence-electron chi connectivity index (χ3n) is 2.74. The van der Waals surface area contributed by atoms with Crippen molar-refractivity contribution in [1.29, 1.82) is 0 Å². The third-order valence-corrected chi connectivity index (χ3v) is 3.68. The second-order valence-electron chi connectivity index (χ2n) is 4.11. The van der Waals surface area contributed by atoms with Gasteiger partial charge in [-0.2, -0.15) is 0 Å². The number of nitrogens with one attached hydrogen (secondary N) is 1. The Bertz CT molecular complexity index is 719. The Balaban J connectivity index is 2.25.